The Balaban J connectivity index is 1.51. The summed E-state index contributed by atoms with van der Waals surface area (Å²) in [5.74, 6) is 1.88. The number of hydrogen-bond donors (Lipinski definition) is 2. The van der Waals surface area contributed by atoms with E-state index in [9.17, 15) is 0 Å². The van der Waals surface area contributed by atoms with Gasteiger partial charge in [0.2, 0.25) is 0 Å². The molecule has 0 bridgehead atoms. The Labute approximate surface area is 153 Å². The molecule has 0 amide bonds. The number of nitrogens with one attached hydrogen (secondary N) is 2. The molecule has 5 heteroatoms. The van der Waals surface area contributed by atoms with E-state index in [4.69, 9.17) is 4.74 Å². The molecule has 1 aliphatic carbocycles. The molecule has 1 aromatic carbocycles. The first-order valence-corrected chi connectivity index (χ1v) is 9.98. The van der Waals surface area contributed by atoms with E-state index in [-0.39, 0.29) is 11.6 Å². The van der Waals surface area contributed by atoms with E-state index < -0.39 is 0 Å². The zero-order valence-electron chi connectivity index (χ0n) is 14.6. The first-order chi connectivity index (χ1) is 12.3. The van der Waals surface area contributed by atoms with Gasteiger partial charge in [-0.05, 0) is 54.1 Å². The van der Waals surface area contributed by atoms with Crippen LogP contribution < -0.4 is 15.4 Å². The third kappa shape index (κ3) is 3.52. The zero-order chi connectivity index (χ0) is 17.1. The molecule has 2 N–H and O–H groups in total. The molecule has 1 atom stereocenters. The van der Waals surface area contributed by atoms with E-state index in [0.717, 1.165) is 37.5 Å². The number of aliphatic imine (C=N–C) groups is 1. The molecule has 132 valence electrons. The van der Waals surface area contributed by atoms with E-state index in [2.05, 4.69) is 56.7 Å². The lowest BCUT2D eigenvalue weighted by molar-refractivity contribution is 0.0396. The van der Waals surface area contributed by atoms with Gasteiger partial charge < -0.3 is 15.4 Å². The number of ether oxygens (including phenoxy) is 1. The van der Waals surface area contributed by atoms with E-state index in [1.54, 1.807) is 11.3 Å². The number of thiophene rings is 1. The van der Waals surface area contributed by atoms with Gasteiger partial charge in [-0.25, -0.2) is 0 Å². The van der Waals surface area contributed by atoms with Gasteiger partial charge in [-0.3, -0.25) is 4.99 Å². The lowest BCUT2D eigenvalue weighted by Crippen LogP contribution is -2.46. The summed E-state index contributed by atoms with van der Waals surface area (Å²) in [5, 5.41) is 11.3. The van der Waals surface area contributed by atoms with Crippen molar-refractivity contribution in [3.8, 4) is 5.75 Å². The Morgan fingerprint density at radius 3 is 2.88 bits per heavy atom. The molecule has 1 unspecified atom stereocenters. The number of benzene rings is 1. The van der Waals surface area contributed by atoms with Crippen LogP contribution in [0.5, 0.6) is 5.75 Å². The molecule has 2 aromatic rings. The molecule has 4 rings (SSSR count). The SMILES string of the molecule is CN=C(NCc1ccsc1)NC1CC2(CCCC2)Oc2ccccc21. The molecule has 1 aliphatic heterocycles. The summed E-state index contributed by atoms with van der Waals surface area (Å²) >= 11 is 1.72. The largest absolute Gasteiger partial charge is 0.487 e. The minimum atomic E-state index is -0.00176. The van der Waals surface area contributed by atoms with Crippen molar-refractivity contribution < 1.29 is 4.74 Å². The first kappa shape index (κ1) is 16.5. The Morgan fingerprint density at radius 2 is 2.12 bits per heavy atom. The standard InChI is InChI=1S/C20H25N3OS/c1-21-19(22-13-15-8-11-25-14-15)23-17-12-20(9-4-5-10-20)24-18-7-3-2-6-16(17)18/h2-3,6-8,11,14,17H,4-5,9-10,12-13H2,1H3,(H2,21,22,23). The van der Waals surface area contributed by atoms with E-state index >= 15 is 0 Å². The number of nitrogens with zero attached hydrogens (tertiary/aromatic N) is 1. The second-order valence-electron chi connectivity index (χ2n) is 6.99. The monoisotopic (exact) mass is 355 g/mol. The molecule has 1 aromatic heterocycles. The first-order valence-electron chi connectivity index (χ1n) is 9.04. The van der Waals surface area contributed by atoms with Crippen LogP contribution in [-0.2, 0) is 6.54 Å². The molecule has 25 heavy (non-hydrogen) atoms. The van der Waals surface area contributed by atoms with Gasteiger partial charge in [-0.15, -0.1) is 0 Å². The van der Waals surface area contributed by atoms with Gasteiger partial charge in [0.15, 0.2) is 5.96 Å². The van der Waals surface area contributed by atoms with Crippen LogP contribution >= 0.6 is 11.3 Å². The van der Waals surface area contributed by atoms with Crippen molar-refractivity contribution in [2.75, 3.05) is 7.05 Å². The number of hydrogen-bond acceptors (Lipinski definition) is 3. The summed E-state index contributed by atoms with van der Waals surface area (Å²) in [6, 6.07) is 10.8. The van der Waals surface area contributed by atoms with Crippen molar-refractivity contribution in [1.82, 2.24) is 10.6 Å². The second-order valence-corrected chi connectivity index (χ2v) is 7.77. The van der Waals surface area contributed by atoms with E-state index in [1.807, 2.05) is 7.05 Å². The molecule has 0 saturated heterocycles. The number of fused-ring (bicyclic) bond motifs is 1. The van der Waals surface area contributed by atoms with Crippen LogP contribution in [0.25, 0.3) is 0 Å². The fourth-order valence-electron chi connectivity index (χ4n) is 4.01. The Bertz CT molecular complexity index is 735. The normalized spacial score (nSPS) is 21.6. The van der Waals surface area contributed by atoms with Crippen LogP contribution in [0.2, 0.25) is 0 Å². The van der Waals surface area contributed by atoms with Crippen molar-refractivity contribution in [1.29, 1.82) is 0 Å². The summed E-state index contributed by atoms with van der Waals surface area (Å²) in [5.41, 5.74) is 2.52. The van der Waals surface area contributed by atoms with Gasteiger partial charge >= 0.3 is 0 Å². The summed E-state index contributed by atoms with van der Waals surface area (Å²) in [7, 11) is 1.83. The highest BCUT2D eigenvalue weighted by Gasteiger charge is 2.43. The van der Waals surface area contributed by atoms with Crippen molar-refractivity contribution in [2.45, 2.75) is 50.3 Å². The average molecular weight is 356 g/mol. The van der Waals surface area contributed by atoms with Crippen LogP contribution in [0.3, 0.4) is 0 Å². The lowest BCUT2D eigenvalue weighted by Gasteiger charge is -2.40. The fourth-order valence-corrected chi connectivity index (χ4v) is 4.68. The van der Waals surface area contributed by atoms with Crippen LogP contribution in [0.4, 0.5) is 0 Å². The second kappa shape index (κ2) is 7.08. The van der Waals surface area contributed by atoms with Crippen LogP contribution in [0, 0.1) is 0 Å². The minimum Gasteiger partial charge on any atom is -0.487 e. The average Bonchev–Trinajstić information content (AvgIpc) is 3.31. The molecule has 0 radical (unpaired) electrons. The third-order valence-electron chi connectivity index (χ3n) is 5.29. The quantitative estimate of drug-likeness (QED) is 0.639. The van der Waals surface area contributed by atoms with Crippen LogP contribution in [0.15, 0.2) is 46.1 Å². The van der Waals surface area contributed by atoms with Crippen molar-refractivity contribution >= 4 is 17.3 Å². The van der Waals surface area contributed by atoms with Crippen molar-refractivity contribution in [2.24, 2.45) is 4.99 Å². The highest BCUT2D eigenvalue weighted by Crippen LogP contribution is 2.46. The predicted molar refractivity (Wildman–Crippen MR) is 103 cm³/mol. The van der Waals surface area contributed by atoms with Crippen LogP contribution in [0.1, 0.15) is 49.3 Å². The molecule has 4 nitrogen and oxygen atoms in total. The molecule has 1 spiro atoms. The lowest BCUT2D eigenvalue weighted by atomic mass is 9.86. The third-order valence-corrected chi connectivity index (χ3v) is 6.02. The van der Waals surface area contributed by atoms with Crippen molar-refractivity contribution in [3.05, 3.63) is 52.2 Å². The van der Waals surface area contributed by atoms with Gasteiger partial charge in [0, 0.05) is 25.6 Å². The molecular formula is C20H25N3OS. The van der Waals surface area contributed by atoms with Gasteiger partial charge in [-0.2, -0.15) is 11.3 Å². The molecular weight excluding hydrogens is 330 g/mol. The zero-order valence-corrected chi connectivity index (χ0v) is 15.4. The number of para-hydroxylation sites is 1. The summed E-state index contributed by atoms with van der Waals surface area (Å²) in [6.45, 7) is 0.791. The van der Waals surface area contributed by atoms with Gasteiger partial charge in [-0.1, -0.05) is 18.2 Å². The smallest absolute Gasteiger partial charge is 0.191 e. The van der Waals surface area contributed by atoms with Crippen molar-refractivity contribution in [3.63, 3.8) is 0 Å². The summed E-state index contributed by atoms with van der Waals surface area (Å²) in [4.78, 5) is 4.43. The van der Waals surface area contributed by atoms with E-state index in [1.165, 1.54) is 24.0 Å². The highest BCUT2D eigenvalue weighted by atomic mass is 32.1. The molecule has 2 heterocycles. The van der Waals surface area contributed by atoms with Gasteiger partial charge in [0.25, 0.3) is 0 Å². The molecule has 1 fully saturated rings. The van der Waals surface area contributed by atoms with E-state index in [0.29, 0.717) is 0 Å². The topological polar surface area (TPSA) is 45.7 Å². The Morgan fingerprint density at radius 1 is 1.28 bits per heavy atom. The number of rotatable bonds is 3. The van der Waals surface area contributed by atoms with Gasteiger partial charge in [0.05, 0.1) is 6.04 Å². The maximum Gasteiger partial charge on any atom is 0.191 e. The fraction of sp³-hybridized carbons (Fsp3) is 0.450. The minimum absolute atomic E-state index is 0.00176. The Hall–Kier alpha value is -2.01. The summed E-state index contributed by atoms with van der Waals surface area (Å²) < 4.78 is 6.45. The molecule has 2 aliphatic rings. The maximum absolute atomic E-state index is 6.45. The van der Waals surface area contributed by atoms with Gasteiger partial charge in [0.1, 0.15) is 11.4 Å². The summed E-state index contributed by atoms with van der Waals surface area (Å²) in [6.07, 6.45) is 5.84. The predicted octanol–water partition coefficient (Wildman–Crippen LogP) is 4.25. The number of guanidine groups is 1. The maximum atomic E-state index is 6.45. The highest BCUT2D eigenvalue weighted by molar-refractivity contribution is 7.07. The Kier molecular flexibility index (Phi) is 4.66. The van der Waals surface area contributed by atoms with Crippen LogP contribution in [-0.4, -0.2) is 18.6 Å². The molecule has 1 saturated carbocycles.